The fourth-order valence-corrected chi connectivity index (χ4v) is 3.25. The van der Waals surface area contributed by atoms with Gasteiger partial charge in [-0.2, -0.15) is 13.2 Å². The topological polar surface area (TPSA) is 54.5 Å². The molecule has 0 unspecified atom stereocenters. The number of benzene rings is 1. The van der Waals surface area contributed by atoms with Gasteiger partial charge < -0.3 is 15.0 Å². The number of pyridine rings is 1. The number of ether oxygens (including phenoxy) is 1. The number of hydrogen-bond acceptors (Lipinski definition) is 3. The summed E-state index contributed by atoms with van der Waals surface area (Å²) in [6.45, 7) is 3.13. The first-order valence-electron chi connectivity index (χ1n) is 9.01. The zero-order chi connectivity index (χ0) is 20.3. The van der Waals surface area contributed by atoms with Gasteiger partial charge in [-0.15, -0.1) is 0 Å². The molecule has 2 heterocycles. The summed E-state index contributed by atoms with van der Waals surface area (Å²) in [6, 6.07) is 9.61. The first-order chi connectivity index (χ1) is 13.3. The minimum Gasteiger partial charge on any atom is -0.365 e. The molecule has 0 spiro atoms. The Morgan fingerprint density at radius 1 is 1.32 bits per heavy atom. The molecule has 1 aliphatic heterocycles. The van der Waals surface area contributed by atoms with Crippen LogP contribution in [-0.4, -0.2) is 47.4 Å². The van der Waals surface area contributed by atoms with E-state index in [1.165, 1.54) is 11.8 Å². The Morgan fingerprint density at radius 3 is 2.79 bits per heavy atom. The van der Waals surface area contributed by atoms with Crippen LogP contribution < -0.4 is 5.32 Å². The molecular weight excluding hydrogens is 371 g/mol. The summed E-state index contributed by atoms with van der Waals surface area (Å²) in [4.78, 5) is 18.1. The zero-order valence-electron chi connectivity index (χ0n) is 15.7. The van der Waals surface area contributed by atoms with Crippen LogP contribution in [0.1, 0.15) is 23.7 Å². The summed E-state index contributed by atoms with van der Waals surface area (Å²) in [5.74, 6) is 0. The van der Waals surface area contributed by atoms with Crippen LogP contribution in [0.15, 0.2) is 42.6 Å². The lowest BCUT2D eigenvalue weighted by Gasteiger charge is -2.39. The van der Waals surface area contributed by atoms with Crippen LogP contribution in [0.2, 0.25) is 0 Å². The molecule has 0 bridgehead atoms. The summed E-state index contributed by atoms with van der Waals surface area (Å²) in [5, 5.41) is 2.75. The van der Waals surface area contributed by atoms with Gasteiger partial charge in [0.1, 0.15) is 0 Å². The van der Waals surface area contributed by atoms with Gasteiger partial charge in [0.15, 0.2) is 6.10 Å². The molecule has 1 aliphatic rings. The van der Waals surface area contributed by atoms with Crippen molar-refractivity contribution in [2.75, 3.05) is 18.5 Å². The zero-order valence-corrected chi connectivity index (χ0v) is 15.7. The fraction of sp³-hybridized carbons (Fsp3) is 0.400. The highest BCUT2D eigenvalue weighted by Crippen LogP contribution is 2.30. The number of nitrogens with zero attached hydrogens (tertiary/aromatic N) is 2. The van der Waals surface area contributed by atoms with Gasteiger partial charge in [0, 0.05) is 30.5 Å². The van der Waals surface area contributed by atoms with Gasteiger partial charge in [-0.25, -0.2) is 4.79 Å². The smallest absolute Gasteiger partial charge is 0.365 e. The number of carbonyl (C=O) groups excluding carboxylic acids is 1. The molecule has 0 aliphatic carbocycles. The van der Waals surface area contributed by atoms with Crippen LogP contribution in [0, 0.1) is 6.92 Å². The highest BCUT2D eigenvalue weighted by Gasteiger charge is 2.49. The average molecular weight is 393 g/mol. The number of carbonyl (C=O) groups is 1. The molecule has 0 saturated carbocycles. The maximum atomic E-state index is 13.1. The van der Waals surface area contributed by atoms with E-state index in [1.807, 2.05) is 43.3 Å². The Balaban J connectivity index is 1.73. The summed E-state index contributed by atoms with van der Waals surface area (Å²) >= 11 is 0. The van der Waals surface area contributed by atoms with Crippen molar-refractivity contribution in [3.05, 3.63) is 59.4 Å². The third-order valence-corrected chi connectivity index (χ3v) is 4.80. The number of anilines is 1. The van der Waals surface area contributed by atoms with Crippen molar-refractivity contribution in [3.63, 3.8) is 0 Å². The quantitative estimate of drug-likeness (QED) is 0.852. The second-order valence-electron chi connectivity index (χ2n) is 6.84. The van der Waals surface area contributed by atoms with Crippen molar-refractivity contribution in [1.82, 2.24) is 9.88 Å². The Kier molecular flexibility index (Phi) is 5.88. The summed E-state index contributed by atoms with van der Waals surface area (Å²) in [6.07, 6.45) is -4.20. The molecule has 3 rings (SSSR count). The fourth-order valence-electron chi connectivity index (χ4n) is 3.25. The van der Waals surface area contributed by atoms with E-state index in [4.69, 9.17) is 4.74 Å². The molecule has 5 nitrogen and oxygen atoms in total. The van der Waals surface area contributed by atoms with Gasteiger partial charge in [-0.3, -0.25) is 4.98 Å². The van der Waals surface area contributed by atoms with Gasteiger partial charge in [-0.05, 0) is 43.2 Å². The van der Waals surface area contributed by atoms with Gasteiger partial charge in [0.05, 0.1) is 12.6 Å². The van der Waals surface area contributed by atoms with Crippen LogP contribution in [-0.2, 0) is 11.2 Å². The molecule has 1 aromatic carbocycles. The molecule has 1 aromatic heterocycles. The van der Waals surface area contributed by atoms with E-state index >= 15 is 0 Å². The second-order valence-corrected chi connectivity index (χ2v) is 6.84. The van der Waals surface area contributed by atoms with E-state index in [-0.39, 0.29) is 13.2 Å². The van der Waals surface area contributed by atoms with Crippen LogP contribution in [0.5, 0.6) is 0 Å². The Labute approximate surface area is 161 Å². The summed E-state index contributed by atoms with van der Waals surface area (Å²) in [7, 11) is 0. The van der Waals surface area contributed by atoms with Crippen molar-refractivity contribution < 1.29 is 22.7 Å². The highest BCUT2D eigenvalue weighted by atomic mass is 19.4. The van der Waals surface area contributed by atoms with Crippen molar-refractivity contribution in [2.45, 2.75) is 38.6 Å². The standard InChI is InChI=1S/C20H22F3N3O2/c1-13-6-7-15(11-16-5-3-4-8-24-16)12-17(13)25-19(27)26-9-10-28-18(14(26)2)20(21,22)23/h3-8,12,14,18H,9-11H2,1-2H3,(H,25,27)/t14-,18-/m1/s1. The van der Waals surface area contributed by atoms with Gasteiger partial charge in [0.25, 0.3) is 0 Å². The molecule has 1 fully saturated rings. The lowest BCUT2D eigenvalue weighted by atomic mass is 10.1. The molecule has 1 N–H and O–H groups in total. The molecule has 2 amide bonds. The highest BCUT2D eigenvalue weighted by molar-refractivity contribution is 5.90. The van der Waals surface area contributed by atoms with Crippen molar-refractivity contribution in [3.8, 4) is 0 Å². The normalized spacial score (nSPS) is 20.1. The Bertz CT molecular complexity index is 827. The molecule has 8 heteroatoms. The van der Waals surface area contributed by atoms with Crippen molar-refractivity contribution >= 4 is 11.7 Å². The molecule has 2 aromatic rings. The van der Waals surface area contributed by atoms with Crippen LogP contribution >= 0.6 is 0 Å². The van der Waals surface area contributed by atoms with Gasteiger partial charge in [0.2, 0.25) is 0 Å². The first-order valence-corrected chi connectivity index (χ1v) is 9.01. The Hall–Kier alpha value is -2.61. The van der Waals surface area contributed by atoms with Gasteiger partial charge >= 0.3 is 12.2 Å². The van der Waals surface area contributed by atoms with Crippen LogP contribution in [0.25, 0.3) is 0 Å². The summed E-state index contributed by atoms with van der Waals surface area (Å²) in [5.41, 5.74) is 3.23. The molecule has 28 heavy (non-hydrogen) atoms. The number of halogens is 3. The molecular formula is C20H22F3N3O2. The molecule has 0 radical (unpaired) electrons. The number of aromatic nitrogens is 1. The largest absolute Gasteiger partial charge is 0.416 e. The number of morpholine rings is 1. The number of nitrogens with one attached hydrogen (secondary N) is 1. The van der Waals surface area contributed by atoms with E-state index in [2.05, 4.69) is 10.3 Å². The average Bonchev–Trinajstić information content (AvgIpc) is 2.64. The van der Waals surface area contributed by atoms with E-state index in [0.717, 1.165) is 16.8 Å². The minimum absolute atomic E-state index is 0.103. The number of hydrogen-bond donors (Lipinski definition) is 1. The number of aryl methyl sites for hydroxylation is 1. The second kappa shape index (κ2) is 8.18. The number of rotatable bonds is 3. The van der Waals surface area contributed by atoms with E-state index in [9.17, 15) is 18.0 Å². The lowest BCUT2D eigenvalue weighted by Crippen LogP contribution is -2.58. The first kappa shape index (κ1) is 20.1. The molecule has 2 atom stereocenters. The third kappa shape index (κ3) is 4.62. The van der Waals surface area contributed by atoms with Crippen molar-refractivity contribution in [2.24, 2.45) is 0 Å². The monoisotopic (exact) mass is 393 g/mol. The number of alkyl halides is 3. The lowest BCUT2D eigenvalue weighted by molar-refractivity contribution is -0.246. The van der Waals surface area contributed by atoms with E-state index in [1.54, 1.807) is 6.20 Å². The summed E-state index contributed by atoms with van der Waals surface area (Å²) < 4.78 is 44.1. The minimum atomic E-state index is -4.52. The third-order valence-electron chi connectivity index (χ3n) is 4.80. The molecule has 1 saturated heterocycles. The predicted octanol–water partition coefficient (Wildman–Crippen LogP) is 4.16. The van der Waals surface area contributed by atoms with Gasteiger partial charge in [-0.1, -0.05) is 18.2 Å². The van der Waals surface area contributed by atoms with Crippen molar-refractivity contribution in [1.29, 1.82) is 0 Å². The van der Waals surface area contributed by atoms with Crippen LogP contribution in [0.4, 0.5) is 23.7 Å². The SMILES string of the molecule is Cc1ccc(Cc2ccccn2)cc1NC(=O)N1CCO[C@@H](C(F)(F)F)[C@H]1C. The number of urea groups is 1. The van der Waals surface area contributed by atoms with E-state index < -0.39 is 24.4 Å². The maximum Gasteiger partial charge on any atom is 0.416 e. The van der Waals surface area contributed by atoms with Crippen LogP contribution in [0.3, 0.4) is 0 Å². The molecule has 150 valence electrons. The number of amides is 2. The predicted molar refractivity (Wildman–Crippen MR) is 99.2 cm³/mol. The Morgan fingerprint density at radius 2 is 2.11 bits per heavy atom. The van der Waals surface area contributed by atoms with E-state index in [0.29, 0.717) is 12.1 Å². The maximum absolute atomic E-state index is 13.1.